The second kappa shape index (κ2) is 10.8. The van der Waals surface area contributed by atoms with E-state index in [2.05, 4.69) is 20.6 Å². The molecule has 1 aromatic carbocycles. The highest BCUT2D eigenvalue weighted by Crippen LogP contribution is 2.38. The summed E-state index contributed by atoms with van der Waals surface area (Å²) in [4.78, 5) is 35.2. The maximum atomic E-state index is 13.2. The number of amides is 2. The van der Waals surface area contributed by atoms with Crippen molar-refractivity contribution in [3.8, 4) is 0 Å². The fraction of sp³-hybridized carbons (Fsp3) is 0.333. The average Bonchev–Trinajstić information content (AvgIpc) is 3.21. The Balaban J connectivity index is 1.62. The summed E-state index contributed by atoms with van der Waals surface area (Å²) in [6.45, 7) is 2.08. The predicted molar refractivity (Wildman–Crippen MR) is 136 cm³/mol. The normalized spacial score (nSPS) is 13.2. The number of hydrogen-bond acceptors (Lipinski definition) is 7. The maximum Gasteiger partial charge on any atom is 0.276 e. The highest BCUT2D eigenvalue weighted by atomic mass is 35.5. The molecule has 2 aromatic heterocycles. The van der Waals surface area contributed by atoms with Crippen molar-refractivity contribution in [2.45, 2.75) is 50.7 Å². The van der Waals surface area contributed by atoms with Gasteiger partial charge in [0.05, 0.1) is 22.5 Å². The zero-order valence-corrected chi connectivity index (χ0v) is 21.5. The van der Waals surface area contributed by atoms with Gasteiger partial charge in [-0.05, 0) is 43.2 Å². The molecular formula is C24H25ClN4O4S2. The number of aryl methyl sites for hydroxylation is 1. The van der Waals surface area contributed by atoms with Crippen LogP contribution >= 0.6 is 22.9 Å². The van der Waals surface area contributed by atoms with Crippen LogP contribution in [0.2, 0.25) is 5.02 Å². The molecule has 0 saturated carbocycles. The Morgan fingerprint density at radius 1 is 1.11 bits per heavy atom. The van der Waals surface area contributed by atoms with E-state index in [0.717, 1.165) is 47.9 Å². The van der Waals surface area contributed by atoms with Gasteiger partial charge in [0.1, 0.15) is 5.00 Å². The molecular weight excluding hydrogens is 508 g/mol. The summed E-state index contributed by atoms with van der Waals surface area (Å²) in [5.74, 6) is -1.11. The lowest BCUT2D eigenvalue weighted by Crippen LogP contribution is -2.26. The third kappa shape index (κ3) is 5.71. The number of nitrogens with one attached hydrogen (secondary N) is 2. The number of hydrogen-bond donors (Lipinski definition) is 2. The molecule has 0 spiro atoms. The van der Waals surface area contributed by atoms with Gasteiger partial charge in [-0.15, -0.1) is 11.3 Å². The zero-order valence-electron chi connectivity index (χ0n) is 19.1. The molecule has 2 N–H and O–H groups in total. The molecule has 11 heteroatoms. The number of rotatable bonds is 8. The average molecular weight is 533 g/mol. The van der Waals surface area contributed by atoms with Gasteiger partial charge >= 0.3 is 0 Å². The van der Waals surface area contributed by atoms with Crippen molar-refractivity contribution in [3.63, 3.8) is 0 Å². The molecule has 2 heterocycles. The number of anilines is 1. The number of sulfone groups is 1. The first-order valence-corrected chi connectivity index (χ1v) is 14.2. The maximum absolute atomic E-state index is 13.2. The summed E-state index contributed by atoms with van der Waals surface area (Å²) in [6, 6.07) is 9.56. The zero-order chi connectivity index (χ0) is 25.0. The van der Waals surface area contributed by atoms with Crippen molar-refractivity contribution in [3.05, 3.63) is 68.8 Å². The molecule has 184 valence electrons. The van der Waals surface area contributed by atoms with E-state index in [1.165, 1.54) is 11.3 Å². The number of carbonyl (C=O) groups is 2. The van der Waals surface area contributed by atoms with Crippen molar-refractivity contribution in [2.75, 3.05) is 11.1 Å². The van der Waals surface area contributed by atoms with E-state index < -0.39 is 20.9 Å². The minimum atomic E-state index is -3.74. The van der Waals surface area contributed by atoms with E-state index >= 15 is 0 Å². The quantitative estimate of drug-likeness (QED) is 0.414. The van der Waals surface area contributed by atoms with E-state index in [1.807, 2.05) is 30.3 Å². The van der Waals surface area contributed by atoms with Crippen LogP contribution in [0.3, 0.4) is 0 Å². The summed E-state index contributed by atoms with van der Waals surface area (Å²) in [5, 5.41) is 5.59. The Hall–Kier alpha value is -2.82. The molecule has 0 fully saturated rings. The lowest BCUT2D eigenvalue weighted by atomic mass is 9.95. The third-order valence-electron chi connectivity index (χ3n) is 5.61. The van der Waals surface area contributed by atoms with Crippen molar-refractivity contribution in [1.82, 2.24) is 15.3 Å². The van der Waals surface area contributed by atoms with E-state index in [4.69, 9.17) is 11.6 Å². The highest BCUT2D eigenvalue weighted by molar-refractivity contribution is 7.91. The van der Waals surface area contributed by atoms with Gasteiger partial charge in [-0.1, -0.05) is 48.9 Å². The summed E-state index contributed by atoms with van der Waals surface area (Å²) in [7, 11) is -3.74. The summed E-state index contributed by atoms with van der Waals surface area (Å²) in [5.41, 5.74) is 2.10. The van der Waals surface area contributed by atoms with Gasteiger partial charge in [0, 0.05) is 11.4 Å². The molecule has 0 radical (unpaired) electrons. The molecule has 4 rings (SSSR count). The fourth-order valence-corrected chi connectivity index (χ4v) is 6.57. The number of carbonyl (C=O) groups excluding carboxylic acids is 2. The third-order valence-corrected chi connectivity index (χ3v) is 8.79. The molecule has 1 aliphatic rings. The van der Waals surface area contributed by atoms with Crippen LogP contribution in [0.25, 0.3) is 0 Å². The molecule has 0 unspecified atom stereocenters. The Morgan fingerprint density at radius 3 is 2.60 bits per heavy atom. The molecule has 3 aromatic rings. The van der Waals surface area contributed by atoms with Crippen molar-refractivity contribution in [1.29, 1.82) is 0 Å². The summed E-state index contributed by atoms with van der Waals surface area (Å²) >= 11 is 7.51. The van der Waals surface area contributed by atoms with Crippen LogP contribution < -0.4 is 10.6 Å². The van der Waals surface area contributed by atoms with Gasteiger partial charge in [0.2, 0.25) is 15.0 Å². The Labute approximate surface area is 213 Å². The van der Waals surface area contributed by atoms with E-state index in [1.54, 1.807) is 6.92 Å². The minimum Gasteiger partial charge on any atom is -0.348 e. The highest BCUT2D eigenvalue weighted by Gasteiger charge is 2.28. The minimum absolute atomic E-state index is 0.0747. The predicted octanol–water partition coefficient (Wildman–Crippen LogP) is 4.44. The lowest BCUT2D eigenvalue weighted by molar-refractivity contribution is 0.0951. The topological polar surface area (TPSA) is 118 Å². The molecule has 0 saturated heterocycles. The Kier molecular flexibility index (Phi) is 7.83. The summed E-state index contributed by atoms with van der Waals surface area (Å²) in [6.07, 6.45) is 5.07. The van der Waals surface area contributed by atoms with Crippen LogP contribution in [0.4, 0.5) is 5.00 Å². The van der Waals surface area contributed by atoms with Crippen molar-refractivity contribution < 1.29 is 18.0 Å². The second-order valence-electron chi connectivity index (χ2n) is 8.21. The first kappa shape index (κ1) is 25.3. The van der Waals surface area contributed by atoms with E-state index in [0.29, 0.717) is 23.5 Å². The van der Waals surface area contributed by atoms with Gasteiger partial charge in [0.15, 0.2) is 5.69 Å². The van der Waals surface area contributed by atoms with Crippen LogP contribution in [0.15, 0.2) is 41.7 Å². The van der Waals surface area contributed by atoms with Gasteiger partial charge in [0.25, 0.3) is 11.8 Å². The number of nitrogens with zero attached hydrogens (tertiary/aromatic N) is 2. The number of halogens is 1. The molecule has 0 aliphatic heterocycles. The monoisotopic (exact) mass is 532 g/mol. The number of benzene rings is 1. The van der Waals surface area contributed by atoms with Gasteiger partial charge in [-0.3, -0.25) is 9.59 Å². The molecule has 8 nitrogen and oxygen atoms in total. The Morgan fingerprint density at radius 2 is 1.86 bits per heavy atom. The van der Waals surface area contributed by atoms with Crippen LogP contribution in [0.1, 0.15) is 63.0 Å². The van der Waals surface area contributed by atoms with Crippen LogP contribution in [0, 0.1) is 0 Å². The van der Waals surface area contributed by atoms with Crippen LogP contribution in [-0.2, 0) is 29.2 Å². The number of aromatic nitrogens is 2. The van der Waals surface area contributed by atoms with Crippen LogP contribution in [0.5, 0.6) is 0 Å². The standard InChI is InChI=1S/C24H25ClN4O4S2/c1-2-12-35(32,33)24-27-14-17(25)20(28-24)22(31)29-23-19(16-10-6-7-11-18(16)34-23)21(30)26-13-15-8-4-3-5-9-15/h3-5,8-9,14H,2,6-7,10-13H2,1H3,(H,26,30)(H,29,31). The fourth-order valence-electron chi connectivity index (χ4n) is 3.94. The molecule has 2 amide bonds. The molecule has 0 atom stereocenters. The van der Waals surface area contributed by atoms with E-state index in [9.17, 15) is 18.0 Å². The Bertz CT molecular complexity index is 1360. The largest absolute Gasteiger partial charge is 0.348 e. The smallest absolute Gasteiger partial charge is 0.276 e. The van der Waals surface area contributed by atoms with Gasteiger partial charge < -0.3 is 10.6 Å². The number of fused-ring (bicyclic) bond motifs is 1. The molecule has 35 heavy (non-hydrogen) atoms. The van der Waals surface area contributed by atoms with Crippen LogP contribution in [-0.4, -0.2) is 36.0 Å². The summed E-state index contributed by atoms with van der Waals surface area (Å²) < 4.78 is 24.8. The second-order valence-corrected chi connectivity index (χ2v) is 11.7. The molecule has 0 bridgehead atoms. The number of thiophene rings is 1. The van der Waals surface area contributed by atoms with Crippen molar-refractivity contribution >= 4 is 49.6 Å². The first-order valence-electron chi connectivity index (χ1n) is 11.3. The van der Waals surface area contributed by atoms with Gasteiger partial charge in [-0.2, -0.15) is 0 Å². The lowest BCUT2D eigenvalue weighted by Gasteiger charge is -2.13. The van der Waals surface area contributed by atoms with Crippen molar-refractivity contribution in [2.24, 2.45) is 0 Å². The van der Waals surface area contributed by atoms with E-state index in [-0.39, 0.29) is 22.4 Å². The molecule has 1 aliphatic carbocycles. The van der Waals surface area contributed by atoms with Gasteiger partial charge in [-0.25, -0.2) is 18.4 Å². The SMILES string of the molecule is CCCS(=O)(=O)c1ncc(Cl)c(C(=O)Nc2sc3c(c2C(=O)NCc2ccccc2)CCCC3)n1. The first-order chi connectivity index (χ1) is 16.8.